The van der Waals surface area contributed by atoms with Crippen molar-refractivity contribution >= 4 is 17.6 Å². The zero-order valence-electron chi connectivity index (χ0n) is 18.1. The number of hydrogen-bond acceptors (Lipinski definition) is 7. The Bertz CT molecular complexity index is 1120. The van der Waals surface area contributed by atoms with Crippen LogP contribution in [0.2, 0.25) is 0 Å². The highest BCUT2D eigenvalue weighted by Crippen LogP contribution is 2.40. The van der Waals surface area contributed by atoms with Crippen molar-refractivity contribution in [2.24, 2.45) is 11.8 Å². The minimum Gasteiger partial charge on any atom is -0.493 e. The third-order valence-electron chi connectivity index (χ3n) is 5.37. The molecule has 2 aromatic carbocycles. The van der Waals surface area contributed by atoms with E-state index in [-0.39, 0.29) is 24.0 Å². The summed E-state index contributed by atoms with van der Waals surface area (Å²) in [5.41, 5.74) is 1.76. The van der Waals surface area contributed by atoms with Crippen molar-refractivity contribution < 1.29 is 28.2 Å². The van der Waals surface area contributed by atoms with E-state index >= 15 is 0 Å². The minimum absolute atomic E-state index is 0.0569. The van der Waals surface area contributed by atoms with E-state index in [2.05, 4.69) is 10.3 Å². The molecule has 1 fully saturated rings. The minimum atomic E-state index is -0.630. The number of carbonyl (C=O) groups is 2. The zero-order chi connectivity index (χ0) is 22.7. The molecule has 8 heteroatoms. The summed E-state index contributed by atoms with van der Waals surface area (Å²) in [6, 6.07) is 12.5. The number of carbonyl (C=O) groups excluding carboxylic acids is 2. The van der Waals surface area contributed by atoms with Gasteiger partial charge in [-0.1, -0.05) is 25.1 Å². The van der Waals surface area contributed by atoms with Crippen molar-refractivity contribution in [3.8, 4) is 23.0 Å². The highest BCUT2D eigenvalue weighted by molar-refractivity contribution is 6.03. The standard InChI is InChI=1S/C24H24N2O6/c1-14-9-17(14)22(27)26-19-11-21(30-3)20(29-2)10-18(19)24(28)32-13-16-12-31-23(25-16)15-7-5-4-6-8-15/h4-8,10-12,14,17H,9,13H2,1-3H3,(H,26,27). The number of methoxy groups -OCH3 is 2. The number of oxazole rings is 1. The molecule has 1 aliphatic rings. The first-order chi connectivity index (χ1) is 15.5. The summed E-state index contributed by atoms with van der Waals surface area (Å²) in [6.45, 7) is 1.92. The van der Waals surface area contributed by atoms with Gasteiger partial charge in [-0.3, -0.25) is 4.79 Å². The molecule has 1 heterocycles. The van der Waals surface area contributed by atoms with Gasteiger partial charge in [0.1, 0.15) is 18.6 Å². The molecule has 4 rings (SSSR count). The van der Waals surface area contributed by atoms with Gasteiger partial charge >= 0.3 is 5.97 Å². The summed E-state index contributed by atoms with van der Waals surface area (Å²) in [5, 5.41) is 2.82. The lowest BCUT2D eigenvalue weighted by molar-refractivity contribution is -0.117. The van der Waals surface area contributed by atoms with Gasteiger partial charge in [-0.25, -0.2) is 9.78 Å². The molecule has 8 nitrogen and oxygen atoms in total. The van der Waals surface area contributed by atoms with Crippen molar-refractivity contribution in [1.82, 2.24) is 4.98 Å². The van der Waals surface area contributed by atoms with Crippen LogP contribution in [-0.4, -0.2) is 31.1 Å². The second-order valence-corrected chi connectivity index (χ2v) is 7.65. The Labute approximate surface area is 185 Å². The molecule has 1 amide bonds. The second kappa shape index (κ2) is 9.13. The molecule has 3 aromatic rings. The molecular formula is C24H24N2O6. The number of ether oxygens (including phenoxy) is 3. The van der Waals surface area contributed by atoms with Crippen molar-refractivity contribution in [2.45, 2.75) is 20.0 Å². The van der Waals surface area contributed by atoms with Crippen molar-refractivity contribution in [2.75, 3.05) is 19.5 Å². The van der Waals surface area contributed by atoms with Gasteiger partial charge in [-0.05, 0) is 24.5 Å². The van der Waals surface area contributed by atoms with Gasteiger partial charge < -0.3 is 23.9 Å². The Morgan fingerprint density at radius 1 is 1.12 bits per heavy atom. The summed E-state index contributed by atoms with van der Waals surface area (Å²) in [7, 11) is 2.96. The lowest BCUT2D eigenvalue weighted by Crippen LogP contribution is -2.18. The molecule has 0 bridgehead atoms. The lowest BCUT2D eigenvalue weighted by atomic mass is 10.1. The highest BCUT2D eigenvalue weighted by atomic mass is 16.5. The van der Waals surface area contributed by atoms with E-state index in [1.807, 2.05) is 37.3 Å². The molecular weight excluding hydrogens is 412 g/mol. The number of rotatable bonds is 8. The number of nitrogens with zero attached hydrogens (tertiary/aromatic N) is 1. The van der Waals surface area contributed by atoms with Crippen LogP contribution in [-0.2, 0) is 16.1 Å². The Morgan fingerprint density at radius 2 is 1.81 bits per heavy atom. The molecule has 0 spiro atoms. The number of nitrogens with one attached hydrogen (secondary N) is 1. The van der Waals surface area contributed by atoms with E-state index in [9.17, 15) is 9.59 Å². The van der Waals surface area contributed by atoms with E-state index < -0.39 is 5.97 Å². The van der Waals surface area contributed by atoms with Crippen molar-refractivity contribution in [1.29, 1.82) is 0 Å². The predicted octanol–water partition coefficient (Wildman–Crippen LogP) is 4.31. The van der Waals surface area contributed by atoms with E-state index in [4.69, 9.17) is 18.6 Å². The fraction of sp³-hybridized carbons (Fsp3) is 0.292. The molecule has 166 valence electrons. The largest absolute Gasteiger partial charge is 0.493 e. The fourth-order valence-corrected chi connectivity index (χ4v) is 3.37. The zero-order valence-corrected chi connectivity index (χ0v) is 18.1. The molecule has 1 saturated carbocycles. The van der Waals surface area contributed by atoms with Crippen LogP contribution in [0, 0.1) is 11.8 Å². The third-order valence-corrected chi connectivity index (χ3v) is 5.37. The number of esters is 1. The Morgan fingerprint density at radius 3 is 2.47 bits per heavy atom. The maximum atomic E-state index is 12.9. The number of benzene rings is 2. The number of hydrogen-bond donors (Lipinski definition) is 1. The molecule has 0 aliphatic heterocycles. The Hall–Kier alpha value is -3.81. The summed E-state index contributed by atoms with van der Waals surface area (Å²) >= 11 is 0. The number of anilines is 1. The fourth-order valence-electron chi connectivity index (χ4n) is 3.37. The third kappa shape index (κ3) is 4.59. The summed E-state index contributed by atoms with van der Waals surface area (Å²) in [4.78, 5) is 29.7. The van der Waals surface area contributed by atoms with Crippen LogP contribution in [0.3, 0.4) is 0 Å². The summed E-state index contributed by atoms with van der Waals surface area (Å²) in [6.07, 6.45) is 2.27. The van der Waals surface area contributed by atoms with Crippen LogP contribution in [0.25, 0.3) is 11.5 Å². The molecule has 2 unspecified atom stereocenters. The smallest absolute Gasteiger partial charge is 0.340 e. The first kappa shape index (κ1) is 21.4. The first-order valence-electron chi connectivity index (χ1n) is 10.2. The van der Waals surface area contributed by atoms with Gasteiger partial charge in [0, 0.05) is 23.6 Å². The molecule has 1 aliphatic carbocycles. The van der Waals surface area contributed by atoms with E-state index in [1.54, 1.807) is 6.07 Å². The van der Waals surface area contributed by atoms with Crippen molar-refractivity contribution in [3.63, 3.8) is 0 Å². The van der Waals surface area contributed by atoms with E-state index in [1.165, 1.54) is 26.5 Å². The van der Waals surface area contributed by atoms with Crippen molar-refractivity contribution in [3.05, 3.63) is 60.0 Å². The van der Waals surface area contributed by atoms with Crippen LogP contribution in [0.5, 0.6) is 11.5 Å². The van der Waals surface area contributed by atoms with Gasteiger partial charge in [0.15, 0.2) is 11.5 Å². The lowest BCUT2D eigenvalue weighted by Gasteiger charge is -2.15. The molecule has 32 heavy (non-hydrogen) atoms. The normalized spacial score (nSPS) is 16.8. The van der Waals surface area contributed by atoms with E-state index in [0.717, 1.165) is 12.0 Å². The summed E-state index contributed by atoms with van der Waals surface area (Å²) < 4.78 is 21.5. The predicted molar refractivity (Wildman–Crippen MR) is 117 cm³/mol. The molecule has 0 radical (unpaired) electrons. The van der Waals surface area contributed by atoms with Gasteiger partial charge in [-0.15, -0.1) is 0 Å². The number of aromatic nitrogens is 1. The quantitative estimate of drug-likeness (QED) is 0.525. The molecule has 1 aromatic heterocycles. The first-order valence-corrected chi connectivity index (χ1v) is 10.2. The molecule has 1 N–H and O–H groups in total. The maximum absolute atomic E-state index is 12.9. The van der Waals surface area contributed by atoms with Gasteiger partial charge in [0.05, 0.1) is 25.5 Å². The van der Waals surface area contributed by atoms with E-state index in [0.29, 0.717) is 34.7 Å². The number of amides is 1. The molecule has 0 saturated heterocycles. The van der Waals surface area contributed by atoms with Gasteiger partial charge in [-0.2, -0.15) is 0 Å². The van der Waals surface area contributed by atoms with Crippen LogP contribution >= 0.6 is 0 Å². The SMILES string of the molecule is COc1cc(NC(=O)C2CC2C)c(C(=O)OCc2coc(-c3ccccc3)n2)cc1OC. The average Bonchev–Trinajstić information content (AvgIpc) is 3.36. The van der Waals surface area contributed by atoms with Crippen LogP contribution in [0.4, 0.5) is 5.69 Å². The van der Waals surface area contributed by atoms with Gasteiger partial charge in [0.2, 0.25) is 11.8 Å². The maximum Gasteiger partial charge on any atom is 0.340 e. The van der Waals surface area contributed by atoms with Gasteiger partial charge in [0.25, 0.3) is 0 Å². The molecule has 2 atom stereocenters. The monoisotopic (exact) mass is 436 g/mol. The van der Waals surface area contributed by atoms with Crippen LogP contribution in [0.1, 0.15) is 29.4 Å². The second-order valence-electron chi connectivity index (χ2n) is 7.65. The topological polar surface area (TPSA) is 99.9 Å². The highest BCUT2D eigenvalue weighted by Gasteiger charge is 2.39. The summed E-state index contributed by atoms with van der Waals surface area (Å²) in [5.74, 6) is 0.693. The Kier molecular flexibility index (Phi) is 6.11. The van der Waals surface area contributed by atoms with Crippen LogP contribution < -0.4 is 14.8 Å². The average molecular weight is 436 g/mol. The van der Waals surface area contributed by atoms with Crippen LogP contribution in [0.15, 0.2) is 53.1 Å². The Balaban J connectivity index is 1.51.